The van der Waals surface area contributed by atoms with E-state index in [0.717, 1.165) is 38.7 Å². The molecule has 0 spiro atoms. The van der Waals surface area contributed by atoms with Gasteiger partial charge in [0.1, 0.15) is 0 Å². The molecule has 1 aromatic carbocycles. The Morgan fingerprint density at radius 2 is 2.23 bits per heavy atom. The van der Waals surface area contributed by atoms with Crippen LogP contribution in [0.4, 0.5) is 0 Å². The van der Waals surface area contributed by atoms with Crippen molar-refractivity contribution in [3.8, 4) is 0 Å². The van der Waals surface area contributed by atoms with Crippen LogP contribution in [0.2, 0.25) is 0 Å². The second kappa shape index (κ2) is 8.18. The molecule has 2 aromatic rings. The Kier molecular flexibility index (Phi) is 5.50. The van der Waals surface area contributed by atoms with Gasteiger partial charge < -0.3 is 10.1 Å². The summed E-state index contributed by atoms with van der Waals surface area (Å²) >= 11 is 1.37. The SMILES string of the molecule is O=C(CSc1nnnn1C[C@@H]1CCCO1)N[C@@H]1CCCc2ccccc21. The largest absolute Gasteiger partial charge is 0.376 e. The van der Waals surface area contributed by atoms with Crippen LogP contribution in [0.1, 0.15) is 42.9 Å². The molecule has 1 N–H and O–H groups in total. The van der Waals surface area contributed by atoms with Crippen LogP contribution >= 0.6 is 11.8 Å². The van der Waals surface area contributed by atoms with Crippen molar-refractivity contribution in [3.05, 3.63) is 35.4 Å². The van der Waals surface area contributed by atoms with Crippen LogP contribution in [0.5, 0.6) is 0 Å². The summed E-state index contributed by atoms with van der Waals surface area (Å²) < 4.78 is 7.38. The van der Waals surface area contributed by atoms with Gasteiger partial charge in [0.25, 0.3) is 0 Å². The molecule has 7 nitrogen and oxygen atoms in total. The number of carbonyl (C=O) groups is 1. The van der Waals surface area contributed by atoms with Gasteiger partial charge in [-0.1, -0.05) is 36.0 Å². The van der Waals surface area contributed by atoms with Crippen molar-refractivity contribution in [2.75, 3.05) is 12.4 Å². The minimum absolute atomic E-state index is 0.0170. The first-order valence-corrected chi connectivity index (χ1v) is 10.2. The summed E-state index contributed by atoms with van der Waals surface area (Å²) in [5.41, 5.74) is 2.59. The minimum atomic E-state index is 0.0170. The topological polar surface area (TPSA) is 81.9 Å². The lowest BCUT2D eigenvalue weighted by atomic mass is 9.88. The molecule has 4 rings (SSSR count). The molecule has 0 unspecified atom stereocenters. The van der Waals surface area contributed by atoms with Gasteiger partial charge in [-0.05, 0) is 53.7 Å². The first-order valence-electron chi connectivity index (χ1n) is 9.17. The highest BCUT2D eigenvalue weighted by atomic mass is 32.2. The van der Waals surface area contributed by atoms with E-state index in [-0.39, 0.29) is 18.1 Å². The van der Waals surface area contributed by atoms with Crippen molar-refractivity contribution in [1.82, 2.24) is 25.5 Å². The zero-order valence-electron chi connectivity index (χ0n) is 14.6. The lowest BCUT2D eigenvalue weighted by Gasteiger charge is -2.26. The number of hydrogen-bond acceptors (Lipinski definition) is 6. The van der Waals surface area contributed by atoms with E-state index in [2.05, 4.69) is 39.0 Å². The molecule has 1 aliphatic heterocycles. The quantitative estimate of drug-likeness (QED) is 0.781. The predicted octanol–water partition coefficient (Wildman–Crippen LogP) is 2.14. The third-order valence-electron chi connectivity index (χ3n) is 4.94. The normalized spacial score (nSPS) is 22.2. The molecule has 1 aliphatic carbocycles. The fourth-order valence-corrected chi connectivity index (χ4v) is 4.36. The number of carbonyl (C=O) groups excluding carboxylic acids is 1. The van der Waals surface area contributed by atoms with E-state index in [9.17, 15) is 4.79 Å². The average Bonchev–Trinajstić information content (AvgIpc) is 3.33. The van der Waals surface area contributed by atoms with Crippen LogP contribution in [0, 0.1) is 0 Å². The number of hydrogen-bond donors (Lipinski definition) is 1. The summed E-state index contributed by atoms with van der Waals surface area (Å²) in [5, 5.41) is 15.6. The van der Waals surface area contributed by atoms with Gasteiger partial charge in [-0.2, -0.15) is 0 Å². The Labute approximate surface area is 156 Å². The van der Waals surface area contributed by atoms with Crippen LogP contribution in [0.3, 0.4) is 0 Å². The number of nitrogens with zero attached hydrogens (tertiary/aromatic N) is 4. The number of fused-ring (bicyclic) bond motifs is 1. The van der Waals surface area contributed by atoms with Gasteiger partial charge in [0.15, 0.2) is 0 Å². The highest BCUT2D eigenvalue weighted by Gasteiger charge is 2.22. The molecular formula is C18H23N5O2S. The summed E-state index contributed by atoms with van der Waals surface area (Å²) in [6.07, 6.45) is 5.48. The molecule has 0 bridgehead atoms. The van der Waals surface area contributed by atoms with Crippen molar-refractivity contribution < 1.29 is 9.53 Å². The molecule has 1 saturated heterocycles. The van der Waals surface area contributed by atoms with Crippen LogP contribution in [0.15, 0.2) is 29.4 Å². The molecule has 26 heavy (non-hydrogen) atoms. The maximum absolute atomic E-state index is 12.4. The Morgan fingerprint density at radius 3 is 3.12 bits per heavy atom. The smallest absolute Gasteiger partial charge is 0.230 e. The van der Waals surface area contributed by atoms with E-state index in [4.69, 9.17) is 4.74 Å². The third-order valence-corrected chi connectivity index (χ3v) is 5.89. The number of benzene rings is 1. The van der Waals surface area contributed by atoms with Gasteiger partial charge in [0, 0.05) is 6.61 Å². The first-order chi connectivity index (χ1) is 12.8. The number of rotatable bonds is 6. The highest BCUT2D eigenvalue weighted by Crippen LogP contribution is 2.29. The molecule has 138 valence electrons. The van der Waals surface area contributed by atoms with Gasteiger partial charge in [0.05, 0.1) is 24.4 Å². The molecule has 1 aromatic heterocycles. The number of amides is 1. The Morgan fingerprint density at radius 1 is 1.31 bits per heavy atom. The molecule has 2 heterocycles. The summed E-state index contributed by atoms with van der Waals surface area (Å²) in [7, 11) is 0. The predicted molar refractivity (Wildman–Crippen MR) is 97.8 cm³/mol. The van der Waals surface area contributed by atoms with E-state index in [1.54, 1.807) is 4.68 Å². The standard InChI is InChI=1S/C18H23N5O2S/c24-17(19-16-9-3-6-13-5-1-2-8-15(13)16)12-26-18-20-21-22-23(18)11-14-7-4-10-25-14/h1-2,5,8,14,16H,3-4,6-7,9-12H2,(H,19,24)/t14-,16+/m0/s1. The van der Waals surface area contributed by atoms with Crippen LogP contribution in [0.25, 0.3) is 0 Å². The lowest BCUT2D eigenvalue weighted by molar-refractivity contribution is -0.119. The van der Waals surface area contributed by atoms with E-state index < -0.39 is 0 Å². The van der Waals surface area contributed by atoms with Gasteiger partial charge in [-0.3, -0.25) is 4.79 Å². The van der Waals surface area contributed by atoms with Crippen molar-refractivity contribution in [2.45, 2.75) is 56.0 Å². The van der Waals surface area contributed by atoms with Crippen LogP contribution in [-0.2, 0) is 22.5 Å². The summed E-state index contributed by atoms with van der Waals surface area (Å²) in [4.78, 5) is 12.4. The van der Waals surface area contributed by atoms with E-state index in [1.165, 1.54) is 22.9 Å². The fraction of sp³-hybridized carbons (Fsp3) is 0.556. The Bertz CT molecular complexity index is 760. The van der Waals surface area contributed by atoms with E-state index in [1.807, 2.05) is 6.07 Å². The molecule has 2 aliphatic rings. The molecule has 1 fully saturated rings. The van der Waals surface area contributed by atoms with E-state index >= 15 is 0 Å². The molecule has 0 radical (unpaired) electrons. The van der Waals surface area contributed by atoms with Gasteiger partial charge in [0.2, 0.25) is 11.1 Å². The summed E-state index contributed by atoms with van der Waals surface area (Å²) in [5.74, 6) is 0.327. The highest BCUT2D eigenvalue weighted by molar-refractivity contribution is 7.99. The summed E-state index contributed by atoms with van der Waals surface area (Å²) in [6, 6.07) is 8.48. The molecule has 0 saturated carbocycles. The molecular weight excluding hydrogens is 350 g/mol. The monoisotopic (exact) mass is 373 g/mol. The minimum Gasteiger partial charge on any atom is -0.376 e. The number of tetrazole rings is 1. The molecule has 1 amide bonds. The lowest BCUT2D eigenvalue weighted by Crippen LogP contribution is -2.32. The second-order valence-corrected chi connectivity index (χ2v) is 7.72. The average molecular weight is 373 g/mol. The van der Waals surface area contributed by atoms with Crippen LogP contribution in [-0.4, -0.2) is 44.6 Å². The third kappa shape index (κ3) is 4.07. The number of thioether (sulfide) groups is 1. The number of aryl methyl sites for hydroxylation is 1. The van der Waals surface area contributed by atoms with Crippen molar-refractivity contribution in [1.29, 1.82) is 0 Å². The Hall–Kier alpha value is -1.93. The van der Waals surface area contributed by atoms with Crippen molar-refractivity contribution in [2.24, 2.45) is 0 Å². The summed E-state index contributed by atoms with van der Waals surface area (Å²) in [6.45, 7) is 1.45. The van der Waals surface area contributed by atoms with Gasteiger partial charge >= 0.3 is 0 Å². The number of nitrogens with one attached hydrogen (secondary N) is 1. The zero-order valence-corrected chi connectivity index (χ0v) is 15.5. The van der Waals surface area contributed by atoms with Crippen molar-refractivity contribution >= 4 is 17.7 Å². The first kappa shape index (κ1) is 17.5. The Balaban J connectivity index is 1.32. The molecule has 2 atom stereocenters. The maximum atomic E-state index is 12.4. The van der Waals surface area contributed by atoms with E-state index in [0.29, 0.717) is 17.5 Å². The molecule has 8 heteroatoms. The number of aromatic nitrogens is 4. The maximum Gasteiger partial charge on any atom is 0.230 e. The van der Waals surface area contributed by atoms with Gasteiger partial charge in [-0.25, -0.2) is 4.68 Å². The number of ether oxygens (including phenoxy) is 1. The van der Waals surface area contributed by atoms with Crippen LogP contribution < -0.4 is 5.32 Å². The fourth-order valence-electron chi connectivity index (χ4n) is 3.67. The second-order valence-electron chi connectivity index (χ2n) is 6.78. The van der Waals surface area contributed by atoms with Gasteiger partial charge in [-0.15, -0.1) is 5.10 Å². The van der Waals surface area contributed by atoms with Crippen molar-refractivity contribution in [3.63, 3.8) is 0 Å². The zero-order chi connectivity index (χ0) is 17.8.